The van der Waals surface area contributed by atoms with Crippen molar-refractivity contribution in [3.8, 4) is 0 Å². The van der Waals surface area contributed by atoms with E-state index in [4.69, 9.17) is 11.6 Å². The van der Waals surface area contributed by atoms with Crippen LogP contribution in [0.2, 0.25) is 5.02 Å². The molecule has 0 aliphatic rings. The first-order valence-corrected chi connectivity index (χ1v) is 14.6. The quantitative estimate of drug-likeness (QED) is 0.251. The summed E-state index contributed by atoms with van der Waals surface area (Å²) in [6, 6.07) is 23.5. The van der Waals surface area contributed by atoms with Gasteiger partial charge in [-0.25, -0.2) is 0 Å². The van der Waals surface area contributed by atoms with E-state index in [0.29, 0.717) is 17.0 Å². The zero-order chi connectivity index (χ0) is 23.8. The number of halogens is 1. The van der Waals surface area contributed by atoms with Crippen molar-refractivity contribution >= 4 is 40.9 Å². The van der Waals surface area contributed by atoms with E-state index in [1.165, 1.54) is 0 Å². The molecule has 0 fully saturated rings. The average Bonchev–Trinajstić information content (AvgIpc) is 2.80. The van der Waals surface area contributed by atoms with Crippen LogP contribution in [0, 0.1) is 6.92 Å². The van der Waals surface area contributed by atoms with Crippen LogP contribution in [-0.2, 0) is 9.84 Å². The molecule has 0 bridgehead atoms. The van der Waals surface area contributed by atoms with E-state index in [1.54, 1.807) is 48.5 Å². The first-order valence-electron chi connectivity index (χ1n) is 11.0. The number of aryl methyl sites for hydroxylation is 1. The molecule has 174 valence electrons. The van der Waals surface area contributed by atoms with Gasteiger partial charge in [0.1, 0.15) is 0 Å². The van der Waals surface area contributed by atoms with Crippen LogP contribution < -0.4 is 4.46 Å². The summed E-state index contributed by atoms with van der Waals surface area (Å²) in [5.74, 6) is 0. The number of hydrogen-bond donors (Lipinski definition) is 1. The van der Waals surface area contributed by atoms with E-state index in [2.05, 4.69) is 6.92 Å². The van der Waals surface area contributed by atoms with Gasteiger partial charge in [0, 0.05) is 0 Å². The van der Waals surface area contributed by atoms with E-state index in [9.17, 15) is 13.5 Å². The Bertz CT molecular complexity index is 1170. The van der Waals surface area contributed by atoms with Crippen molar-refractivity contribution in [2.24, 2.45) is 0 Å². The minimum atomic E-state index is -3.92. The fourth-order valence-corrected chi connectivity index (χ4v) is 8.27. The molecule has 0 saturated heterocycles. The predicted octanol–water partition coefficient (Wildman–Crippen LogP) is 5.98. The Labute approximate surface area is 208 Å². The Balaban J connectivity index is 2.20. The van der Waals surface area contributed by atoms with Crippen LogP contribution in [-0.4, -0.2) is 28.5 Å². The van der Waals surface area contributed by atoms with Gasteiger partial charge >= 0.3 is 209 Å². The first-order chi connectivity index (χ1) is 15.8. The third-order valence-corrected chi connectivity index (χ3v) is 10.3. The van der Waals surface area contributed by atoms with Gasteiger partial charge in [0.15, 0.2) is 0 Å². The fourth-order valence-electron chi connectivity index (χ4n) is 3.48. The summed E-state index contributed by atoms with van der Waals surface area (Å²) >= 11 is 5.80. The number of hydrogen-bond acceptors (Lipinski definition) is 3. The van der Waals surface area contributed by atoms with Gasteiger partial charge in [-0.05, 0) is 0 Å². The zero-order valence-corrected chi connectivity index (χ0v) is 22.2. The molecule has 3 rings (SSSR count). The number of allylic oxidation sites excluding steroid dienone is 1. The number of aliphatic hydroxyl groups is 1. The van der Waals surface area contributed by atoms with Crippen LogP contribution in [0.4, 0.5) is 0 Å². The second-order valence-corrected chi connectivity index (χ2v) is 12.7. The van der Waals surface area contributed by atoms with Crippen molar-refractivity contribution in [3.05, 3.63) is 104 Å². The maximum absolute atomic E-state index is 14.0. The van der Waals surface area contributed by atoms with Crippen molar-refractivity contribution in [2.75, 3.05) is 0 Å². The Morgan fingerprint density at radius 2 is 1.58 bits per heavy atom. The fraction of sp³-hybridized carbons (Fsp3) is 0.259. The molecule has 0 spiro atoms. The van der Waals surface area contributed by atoms with Gasteiger partial charge in [0.25, 0.3) is 0 Å². The van der Waals surface area contributed by atoms with Gasteiger partial charge in [-0.2, -0.15) is 0 Å². The van der Waals surface area contributed by atoms with E-state index in [-0.39, 0.29) is 24.8 Å². The van der Waals surface area contributed by atoms with Crippen LogP contribution >= 0.6 is 11.6 Å². The SMILES string of the molecule is CCCCC/C([Se]c1ccccc1)=C(/C(O)c1ccc(Cl)cc1)S(=O)(=O)c1ccc(C)cc1. The molecule has 6 heteroatoms. The van der Waals surface area contributed by atoms with E-state index in [0.717, 1.165) is 33.8 Å². The van der Waals surface area contributed by atoms with Crippen molar-refractivity contribution in [1.82, 2.24) is 0 Å². The van der Waals surface area contributed by atoms with E-state index >= 15 is 0 Å². The molecule has 0 aliphatic heterocycles. The first kappa shape index (κ1) is 25.7. The summed E-state index contributed by atoms with van der Waals surface area (Å²) < 4.78 is 29.8. The Morgan fingerprint density at radius 3 is 2.18 bits per heavy atom. The second kappa shape index (κ2) is 12.0. The van der Waals surface area contributed by atoms with Crippen LogP contribution in [0.1, 0.15) is 49.8 Å². The molecule has 0 amide bonds. The molecular formula is C27H29ClO3SSe. The molecule has 33 heavy (non-hydrogen) atoms. The van der Waals surface area contributed by atoms with Gasteiger partial charge in [0.2, 0.25) is 0 Å². The number of sulfone groups is 1. The molecular weight excluding hydrogens is 519 g/mol. The number of aliphatic hydroxyl groups excluding tert-OH is 1. The summed E-state index contributed by atoms with van der Waals surface area (Å²) in [4.78, 5) is 0.307. The molecule has 1 unspecified atom stereocenters. The van der Waals surface area contributed by atoms with E-state index < -0.39 is 15.9 Å². The monoisotopic (exact) mass is 548 g/mol. The van der Waals surface area contributed by atoms with Gasteiger partial charge in [-0.1, -0.05) is 0 Å². The Morgan fingerprint density at radius 1 is 0.939 bits per heavy atom. The summed E-state index contributed by atoms with van der Waals surface area (Å²) in [7, 11) is -3.92. The number of benzene rings is 3. The molecule has 3 nitrogen and oxygen atoms in total. The number of rotatable bonds is 10. The van der Waals surface area contributed by atoms with Crippen molar-refractivity contribution in [3.63, 3.8) is 0 Å². The standard InChI is InChI=1S/C27H29ClO3SSe/c1-3-4-6-11-25(33-24-9-7-5-8-10-24)27(26(29)21-14-16-22(28)17-15-21)32(30,31)23-18-12-20(2)13-19-23/h5,7-10,12-19,26,29H,3-4,6,11H2,1-2H3/b27-25+. The summed E-state index contributed by atoms with van der Waals surface area (Å²) in [6.45, 7) is 4.04. The molecule has 0 heterocycles. The summed E-state index contributed by atoms with van der Waals surface area (Å²) in [5.41, 5.74) is 1.50. The van der Waals surface area contributed by atoms with Crippen LogP contribution in [0.25, 0.3) is 0 Å². The van der Waals surface area contributed by atoms with Gasteiger partial charge in [-0.3, -0.25) is 0 Å². The molecule has 3 aromatic carbocycles. The predicted molar refractivity (Wildman–Crippen MR) is 138 cm³/mol. The van der Waals surface area contributed by atoms with Gasteiger partial charge in [0.05, 0.1) is 0 Å². The maximum atomic E-state index is 14.0. The van der Waals surface area contributed by atoms with Crippen LogP contribution in [0.5, 0.6) is 0 Å². The zero-order valence-electron chi connectivity index (χ0n) is 18.9. The molecule has 1 atom stereocenters. The Hall–Kier alpha value is -1.88. The third-order valence-electron chi connectivity index (χ3n) is 5.32. The number of unbranched alkanes of at least 4 members (excludes halogenated alkanes) is 2. The molecule has 1 N–H and O–H groups in total. The molecule has 0 radical (unpaired) electrons. The summed E-state index contributed by atoms with van der Waals surface area (Å²) in [6.07, 6.45) is 2.28. The Kier molecular flexibility index (Phi) is 9.36. The molecule has 0 aliphatic carbocycles. The summed E-state index contributed by atoms with van der Waals surface area (Å²) in [5, 5.41) is 12.0. The van der Waals surface area contributed by atoms with Gasteiger partial charge in [-0.15, -0.1) is 0 Å². The molecule has 0 aromatic heterocycles. The second-order valence-electron chi connectivity index (χ2n) is 7.93. The van der Waals surface area contributed by atoms with E-state index in [1.807, 2.05) is 37.3 Å². The topological polar surface area (TPSA) is 54.4 Å². The van der Waals surface area contributed by atoms with Crippen LogP contribution in [0.3, 0.4) is 0 Å². The normalized spacial score (nSPS) is 13.5. The molecule has 3 aromatic rings. The minimum absolute atomic E-state index is 0.105. The van der Waals surface area contributed by atoms with Crippen molar-refractivity contribution in [2.45, 2.75) is 50.5 Å². The average molecular weight is 548 g/mol. The van der Waals surface area contributed by atoms with Crippen molar-refractivity contribution in [1.29, 1.82) is 0 Å². The van der Waals surface area contributed by atoms with Gasteiger partial charge < -0.3 is 0 Å². The van der Waals surface area contributed by atoms with Crippen molar-refractivity contribution < 1.29 is 13.5 Å². The molecule has 0 saturated carbocycles. The third kappa shape index (κ3) is 6.81. The van der Waals surface area contributed by atoms with Crippen LogP contribution in [0.15, 0.2) is 93.1 Å².